The molecule has 0 amide bonds. The summed E-state index contributed by atoms with van der Waals surface area (Å²) in [4.78, 5) is 10.5. The van der Waals surface area contributed by atoms with Crippen molar-refractivity contribution >= 4 is 5.97 Å². The molecule has 2 atom stereocenters. The Morgan fingerprint density at radius 1 is 1.70 bits per heavy atom. The van der Waals surface area contributed by atoms with Crippen molar-refractivity contribution < 1.29 is 9.90 Å². The Bertz CT molecular complexity index is 136. The van der Waals surface area contributed by atoms with Gasteiger partial charge in [-0.05, 0) is 26.3 Å². The molecule has 1 fully saturated rings. The Kier molecular flexibility index (Phi) is 2.27. The van der Waals surface area contributed by atoms with Crippen LogP contribution in [-0.2, 0) is 4.79 Å². The lowest BCUT2D eigenvalue weighted by atomic mass is 9.92. The summed E-state index contributed by atoms with van der Waals surface area (Å²) in [6.45, 7) is 2.89. The maximum Gasteiger partial charge on any atom is 0.308 e. The van der Waals surface area contributed by atoms with Gasteiger partial charge in [-0.15, -0.1) is 0 Å². The number of hydrogen-bond donors (Lipinski definition) is 2. The minimum absolute atomic E-state index is 0.145. The summed E-state index contributed by atoms with van der Waals surface area (Å²) in [7, 11) is 0. The summed E-state index contributed by atoms with van der Waals surface area (Å²) in [6.07, 6.45) is 1.81. The van der Waals surface area contributed by atoms with E-state index in [4.69, 9.17) is 5.11 Å². The predicted molar refractivity (Wildman–Crippen MR) is 37.8 cm³/mol. The number of rotatable bonds is 1. The number of carboxylic acid groups (broad SMARTS) is 1. The highest BCUT2D eigenvalue weighted by Gasteiger charge is 2.26. The molecule has 3 heteroatoms. The molecule has 2 N–H and O–H groups in total. The predicted octanol–water partition coefficient (Wildman–Crippen LogP) is 0.459. The highest BCUT2D eigenvalue weighted by Crippen LogP contribution is 2.15. The van der Waals surface area contributed by atoms with Gasteiger partial charge in [0.25, 0.3) is 0 Å². The van der Waals surface area contributed by atoms with E-state index in [0.717, 1.165) is 19.4 Å². The molecule has 0 aromatic heterocycles. The first-order chi connectivity index (χ1) is 4.72. The SMILES string of the molecule is C[C@H]1NCCC[C@@H]1C(=O)O. The van der Waals surface area contributed by atoms with E-state index in [2.05, 4.69) is 5.32 Å². The second kappa shape index (κ2) is 3.01. The van der Waals surface area contributed by atoms with Crippen LogP contribution in [0, 0.1) is 5.92 Å². The van der Waals surface area contributed by atoms with Crippen LogP contribution in [0.15, 0.2) is 0 Å². The van der Waals surface area contributed by atoms with Gasteiger partial charge in [-0.25, -0.2) is 0 Å². The summed E-state index contributed by atoms with van der Waals surface area (Å²) in [5.74, 6) is -0.839. The van der Waals surface area contributed by atoms with Crippen molar-refractivity contribution in [2.75, 3.05) is 6.54 Å². The van der Waals surface area contributed by atoms with Gasteiger partial charge < -0.3 is 10.4 Å². The molecule has 1 heterocycles. The lowest BCUT2D eigenvalue weighted by Gasteiger charge is -2.26. The van der Waals surface area contributed by atoms with Gasteiger partial charge >= 0.3 is 5.97 Å². The van der Waals surface area contributed by atoms with Crippen molar-refractivity contribution in [1.82, 2.24) is 5.32 Å². The van der Waals surface area contributed by atoms with E-state index < -0.39 is 5.97 Å². The normalized spacial score (nSPS) is 33.7. The monoisotopic (exact) mass is 143 g/mol. The summed E-state index contributed by atoms with van der Waals surface area (Å²) in [5, 5.41) is 11.8. The molecule has 0 saturated carbocycles. The van der Waals surface area contributed by atoms with Crippen molar-refractivity contribution in [1.29, 1.82) is 0 Å². The Labute approximate surface area is 60.4 Å². The van der Waals surface area contributed by atoms with Gasteiger partial charge in [0.2, 0.25) is 0 Å². The molecule has 1 aliphatic heterocycles. The summed E-state index contributed by atoms with van der Waals surface area (Å²) >= 11 is 0. The third-order valence-corrected chi connectivity index (χ3v) is 2.08. The van der Waals surface area contributed by atoms with Crippen LogP contribution in [0.4, 0.5) is 0 Å². The quantitative estimate of drug-likeness (QED) is 0.560. The third kappa shape index (κ3) is 1.48. The molecule has 3 nitrogen and oxygen atoms in total. The Morgan fingerprint density at radius 3 is 2.80 bits per heavy atom. The smallest absolute Gasteiger partial charge is 0.308 e. The zero-order chi connectivity index (χ0) is 7.56. The highest BCUT2D eigenvalue weighted by atomic mass is 16.4. The van der Waals surface area contributed by atoms with Crippen molar-refractivity contribution in [3.05, 3.63) is 0 Å². The average molecular weight is 143 g/mol. The maximum atomic E-state index is 10.5. The van der Waals surface area contributed by atoms with Gasteiger partial charge in [-0.2, -0.15) is 0 Å². The number of piperidine rings is 1. The first kappa shape index (κ1) is 7.54. The van der Waals surface area contributed by atoms with Crippen LogP contribution >= 0.6 is 0 Å². The molecule has 0 aromatic rings. The van der Waals surface area contributed by atoms with Crippen LogP contribution in [0.1, 0.15) is 19.8 Å². The Balaban J connectivity index is 2.47. The van der Waals surface area contributed by atoms with Crippen molar-refractivity contribution in [2.45, 2.75) is 25.8 Å². The van der Waals surface area contributed by atoms with E-state index in [9.17, 15) is 4.79 Å². The number of carboxylic acids is 1. The van der Waals surface area contributed by atoms with Crippen LogP contribution in [0.2, 0.25) is 0 Å². The summed E-state index contributed by atoms with van der Waals surface area (Å²) < 4.78 is 0. The van der Waals surface area contributed by atoms with Crippen LogP contribution < -0.4 is 5.32 Å². The second-order valence-electron chi connectivity index (χ2n) is 2.83. The fraction of sp³-hybridized carbons (Fsp3) is 0.857. The molecular formula is C7H13NO2. The number of hydrogen-bond acceptors (Lipinski definition) is 2. The first-order valence-corrected chi connectivity index (χ1v) is 3.68. The minimum atomic E-state index is -0.667. The number of nitrogens with one attached hydrogen (secondary N) is 1. The van der Waals surface area contributed by atoms with Gasteiger partial charge in [-0.3, -0.25) is 4.79 Å². The average Bonchev–Trinajstić information content (AvgIpc) is 1.88. The third-order valence-electron chi connectivity index (χ3n) is 2.08. The molecule has 0 aromatic carbocycles. The fourth-order valence-electron chi connectivity index (χ4n) is 1.38. The van der Waals surface area contributed by atoms with Gasteiger partial charge in [-0.1, -0.05) is 0 Å². The van der Waals surface area contributed by atoms with Gasteiger partial charge in [0.05, 0.1) is 5.92 Å². The molecule has 0 radical (unpaired) electrons. The van der Waals surface area contributed by atoms with E-state index in [1.165, 1.54) is 0 Å². The van der Waals surface area contributed by atoms with E-state index in [-0.39, 0.29) is 12.0 Å². The molecule has 10 heavy (non-hydrogen) atoms. The molecule has 0 spiro atoms. The summed E-state index contributed by atoms with van der Waals surface area (Å²) in [5.41, 5.74) is 0. The zero-order valence-corrected chi connectivity index (χ0v) is 6.13. The van der Waals surface area contributed by atoms with Gasteiger partial charge in [0.15, 0.2) is 0 Å². The molecule has 1 aliphatic rings. The van der Waals surface area contributed by atoms with Crippen molar-refractivity contribution in [2.24, 2.45) is 5.92 Å². The van der Waals surface area contributed by atoms with Gasteiger partial charge in [0, 0.05) is 6.04 Å². The number of carbonyl (C=O) groups is 1. The zero-order valence-electron chi connectivity index (χ0n) is 6.13. The topological polar surface area (TPSA) is 49.3 Å². The largest absolute Gasteiger partial charge is 0.481 e. The molecule has 58 valence electrons. The first-order valence-electron chi connectivity index (χ1n) is 3.68. The van der Waals surface area contributed by atoms with E-state index in [1.54, 1.807) is 0 Å². The van der Waals surface area contributed by atoms with Crippen LogP contribution in [0.5, 0.6) is 0 Å². The molecule has 1 rings (SSSR count). The van der Waals surface area contributed by atoms with Crippen LogP contribution in [-0.4, -0.2) is 23.7 Å². The maximum absolute atomic E-state index is 10.5. The summed E-state index contributed by atoms with van der Waals surface area (Å²) in [6, 6.07) is 0.145. The number of aliphatic carboxylic acids is 1. The minimum Gasteiger partial charge on any atom is -0.481 e. The molecular weight excluding hydrogens is 130 g/mol. The van der Waals surface area contributed by atoms with Crippen molar-refractivity contribution in [3.63, 3.8) is 0 Å². The fourth-order valence-corrected chi connectivity index (χ4v) is 1.38. The Hall–Kier alpha value is -0.570. The van der Waals surface area contributed by atoms with Crippen LogP contribution in [0.3, 0.4) is 0 Å². The second-order valence-corrected chi connectivity index (χ2v) is 2.83. The van der Waals surface area contributed by atoms with E-state index >= 15 is 0 Å². The van der Waals surface area contributed by atoms with Crippen molar-refractivity contribution in [3.8, 4) is 0 Å². The molecule has 1 saturated heterocycles. The Morgan fingerprint density at radius 2 is 2.40 bits per heavy atom. The van der Waals surface area contributed by atoms with Gasteiger partial charge in [0.1, 0.15) is 0 Å². The molecule has 0 unspecified atom stereocenters. The van der Waals surface area contributed by atoms with E-state index in [0.29, 0.717) is 0 Å². The van der Waals surface area contributed by atoms with Crippen LogP contribution in [0.25, 0.3) is 0 Å². The highest BCUT2D eigenvalue weighted by molar-refractivity contribution is 5.70. The lowest BCUT2D eigenvalue weighted by Crippen LogP contribution is -2.42. The standard InChI is InChI=1S/C7H13NO2/c1-5-6(7(9)10)3-2-4-8-5/h5-6,8H,2-4H2,1H3,(H,9,10)/t5-,6+/m1/s1. The molecule has 0 bridgehead atoms. The lowest BCUT2D eigenvalue weighted by molar-refractivity contribution is -0.143. The molecule has 0 aliphatic carbocycles. The van der Waals surface area contributed by atoms with E-state index in [1.807, 2.05) is 6.92 Å².